The molecule has 0 aromatic carbocycles. The number of hydrogen-bond donors (Lipinski definition) is 1. The van der Waals surface area contributed by atoms with Crippen LogP contribution in [-0.4, -0.2) is 29.3 Å². The average Bonchev–Trinajstić information content (AvgIpc) is 2.65. The first kappa shape index (κ1) is 12.5. The number of rotatable bonds is 3. The first-order valence-electron chi connectivity index (χ1n) is 5.48. The van der Waals surface area contributed by atoms with Gasteiger partial charge in [0.2, 0.25) is 11.8 Å². The van der Waals surface area contributed by atoms with Gasteiger partial charge in [0.05, 0.1) is 6.07 Å². The van der Waals surface area contributed by atoms with Crippen molar-refractivity contribution in [2.45, 2.75) is 32.7 Å². The second-order valence-corrected chi connectivity index (χ2v) is 4.44. The van der Waals surface area contributed by atoms with Gasteiger partial charge in [0.25, 0.3) is 0 Å². The van der Waals surface area contributed by atoms with Crippen molar-refractivity contribution in [3.05, 3.63) is 0 Å². The molecular formula is C11H17N3O2. The topological polar surface area (TPSA) is 87.2 Å². The third-order valence-electron chi connectivity index (χ3n) is 2.94. The summed E-state index contributed by atoms with van der Waals surface area (Å²) in [7, 11) is 0. The Kier molecular flexibility index (Phi) is 3.88. The van der Waals surface area contributed by atoms with Gasteiger partial charge in [-0.25, -0.2) is 0 Å². The second-order valence-electron chi connectivity index (χ2n) is 4.44. The van der Waals surface area contributed by atoms with Crippen molar-refractivity contribution >= 4 is 11.8 Å². The molecule has 1 aliphatic heterocycles. The van der Waals surface area contributed by atoms with Gasteiger partial charge < -0.3 is 10.6 Å². The molecule has 0 bridgehead atoms. The second kappa shape index (κ2) is 4.97. The molecule has 2 unspecified atom stereocenters. The Morgan fingerprint density at radius 1 is 1.50 bits per heavy atom. The fraction of sp³-hybridized carbons (Fsp3) is 0.727. The van der Waals surface area contributed by atoms with Gasteiger partial charge in [0, 0.05) is 6.54 Å². The van der Waals surface area contributed by atoms with Crippen LogP contribution in [0.15, 0.2) is 0 Å². The van der Waals surface area contributed by atoms with E-state index in [1.807, 2.05) is 19.9 Å². The number of carbonyl (C=O) groups is 2. The lowest BCUT2D eigenvalue weighted by molar-refractivity contribution is -0.140. The molecule has 0 saturated carbocycles. The molecule has 1 fully saturated rings. The third-order valence-corrected chi connectivity index (χ3v) is 2.94. The van der Waals surface area contributed by atoms with Crippen molar-refractivity contribution < 1.29 is 9.59 Å². The maximum Gasteiger partial charge on any atom is 0.240 e. The number of nitrogens with two attached hydrogens (primary N) is 1. The predicted molar refractivity (Wildman–Crippen MR) is 57.9 cm³/mol. The normalized spacial score (nSPS) is 21.9. The highest BCUT2D eigenvalue weighted by atomic mass is 16.2. The third kappa shape index (κ3) is 2.32. The van der Waals surface area contributed by atoms with Crippen LogP contribution in [0.3, 0.4) is 0 Å². The summed E-state index contributed by atoms with van der Waals surface area (Å²) in [4.78, 5) is 24.6. The van der Waals surface area contributed by atoms with Crippen molar-refractivity contribution in [3.8, 4) is 6.07 Å². The molecule has 2 amide bonds. The quantitative estimate of drug-likeness (QED) is 0.744. The van der Waals surface area contributed by atoms with Crippen molar-refractivity contribution in [1.29, 1.82) is 5.26 Å². The first-order valence-corrected chi connectivity index (χ1v) is 5.48. The lowest BCUT2D eigenvalue weighted by Crippen LogP contribution is -2.46. The molecule has 16 heavy (non-hydrogen) atoms. The van der Waals surface area contributed by atoms with E-state index in [1.165, 1.54) is 4.90 Å². The van der Waals surface area contributed by atoms with E-state index in [0.29, 0.717) is 13.0 Å². The minimum absolute atomic E-state index is 0.0494. The molecule has 5 heteroatoms. The number of nitrogens with zero attached hydrogens (tertiary/aromatic N) is 2. The molecule has 0 aliphatic carbocycles. The Morgan fingerprint density at radius 2 is 2.12 bits per heavy atom. The van der Waals surface area contributed by atoms with Crippen LogP contribution in [0.4, 0.5) is 0 Å². The van der Waals surface area contributed by atoms with E-state index in [2.05, 4.69) is 0 Å². The Balaban J connectivity index is 2.81. The van der Waals surface area contributed by atoms with Crippen LogP contribution in [0.2, 0.25) is 0 Å². The summed E-state index contributed by atoms with van der Waals surface area (Å²) < 4.78 is 0. The highest BCUT2D eigenvalue weighted by molar-refractivity contribution is 5.89. The van der Waals surface area contributed by atoms with Gasteiger partial charge >= 0.3 is 0 Å². The molecule has 2 atom stereocenters. The number of carbonyl (C=O) groups excluding carboxylic acids is 2. The molecule has 1 aliphatic rings. The summed E-state index contributed by atoms with van der Waals surface area (Å²) in [6.45, 7) is 4.17. The Hall–Kier alpha value is -1.57. The first-order chi connectivity index (χ1) is 7.49. The zero-order chi connectivity index (χ0) is 12.3. The van der Waals surface area contributed by atoms with Gasteiger partial charge in [0.1, 0.15) is 12.0 Å². The summed E-state index contributed by atoms with van der Waals surface area (Å²) in [5.41, 5.74) is 5.23. The van der Waals surface area contributed by atoms with Crippen molar-refractivity contribution in [3.63, 3.8) is 0 Å². The molecule has 1 saturated heterocycles. The highest BCUT2D eigenvalue weighted by Crippen LogP contribution is 2.22. The monoisotopic (exact) mass is 223 g/mol. The summed E-state index contributed by atoms with van der Waals surface area (Å²) in [6, 6.07) is 1.47. The minimum atomic E-state index is -0.681. The maximum atomic E-state index is 12.0. The Bertz CT molecular complexity index is 333. The van der Waals surface area contributed by atoms with Crippen molar-refractivity contribution in [2.75, 3.05) is 6.54 Å². The fourth-order valence-corrected chi connectivity index (χ4v) is 1.99. The number of primary amides is 1. The van der Waals surface area contributed by atoms with Crippen LogP contribution in [0.1, 0.15) is 26.7 Å². The highest BCUT2D eigenvalue weighted by Gasteiger charge is 2.36. The van der Waals surface area contributed by atoms with Gasteiger partial charge in [-0.3, -0.25) is 9.59 Å². The van der Waals surface area contributed by atoms with E-state index in [9.17, 15) is 9.59 Å². The number of likely N-dealkylation sites (tertiary alicyclic amines) is 1. The van der Waals surface area contributed by atoms with Gasteiger partial charge in [-0.05, 0) is 18.8 Å². The van der Waals surface area contributed by atoms with E-state index in [1.54, 1.807) is 0 Å². The zero-order valence-electron chi connectivity index (χ0n) is 9.64. The molecular weight excluding hydrogens is 206 g/mol. The number of nitriles is 1. The van der Waals surface area contributed by atoms with E-state index in [4.69, 9.17) is 11.0 Å². The SMILES string of the molecule is CC(C)C(C#N)C(=O)N1CCCC1C(N)=O. The van der Waals surface area contributed by atoms with Gasteiger partial charge in [-0.2, -0.15) is 5.26 Å². The summed E-state index contributed by atoms with van der Waals surface area (Å²) in [6.07, 6.45) is 1.38. The lowest BCUT2D eigenvalue weighted by atomic mass is 9.95. The molecule has 0 radical (unpaired) electrons. The zero-order valence-corrected chi connectivity index (χ0v) is 9.64. The Labute approximate surface area is 95.2 Å². The molecule has 0 aromatic rings. The predicted octanol–water partition coefficient (Wildman–Crippen LogP) is 0.258. The van der Waals surface area contributed by atoms with E-state index in [0.717, 1.165) is 6.42 Å². The number of amides is 2. The van der Waals surface area contributed by atoms with Crippen molar-refractivity contribution in [1.82, 2.24) is 4.90 Å². The van der Waals surface area contributed by atoms with Gasteiger partial charge in [-0.1, -0.05) is 13.8 Å². The molecule has 1 heterocycles. The molecule has 88 valence electrons. The average molecular weight is 223 g/mol. The van der Waals surface area contributed by atoms with Crippen LogP contribution in [0.25, 0.3) is 0 Å². The van der Waals surface area contributed by atoms with Crippen molar-refractivity contribution in [2.24, 2.45) is 17.6 Å². The van der Waals surface area contributed by atoms with E-state index < -0.39 is 17.9 Å². The maximum absolute atomic E-state index is 12.0. The molecule has 0 aromatic heterocycles. The molecule has 0 spiro atoms. The molecule has 1 rings (SSSR count). The van der Waals surface area contributed by atoms with Gasteiger partial charge in [0.15, 0.2) is 0 Å². The number of hydrogen-bond acceptors (Lipinski definition) is 3. The summed E-state index contributed by atoms with van der Waals surface area (Å²) in [5, 5.41) is 8.94. The minimum Gasteiger partial charge on any atom is -0.368 e. The van der Waals surface area contributed by atoms with Crippen LogP contribution in [0, 0.1) is 23.2 Å². The largest absolute Gasteiger partial charge is 0.368 e. The van der Waals surface area contributed by atoms with Crippen LogP contribution < -0.4 is 5.73 Å². The smallest absolute Gasteiger partial charge is 0.240 e. The fourth-order valence-electron chi connectivity index (χ4n) is 1.99. The van der Waals surface area contributed by atoms with Crippen LogP contribution >= 0.6 is 0 Å². The summed E-state index contributed by atoms with van der Waals surface area (Å²) >= 11 is 0. The summed E-state index contributed by atoms with van der Waals surface area (Å²) in [5.74, 6) is -1.48. The van der Waals surface area contributed by atoms with Crippen LogP contribution in [0.5, 0.6) is 0 Å². The standard InChI is InChI=1S/C11H17N3O2/c1-7(2)8(6-12)11(16)14-5-3-4-9(14)10(13)15/h7-9H,3-5H2,1-2H3,(H2,13,15). The van der Waals surface area contributed by atoms with E-state index in [-0.39, 0.29) is 11.8 Å². The van der Waals surface area contributed by atoms with E-state index >= 15 is 0 Å². The molecule has 5 nitrogen and oxygen atoms in total. The Morgan fingerprint density at radius 3 is 2.56 bits per heavy atom. The lowest BCUT2D eigenvalue weighted by Gasteiger charge is -2.25. The van der Waals surface area contributed by atoms with Gasteiger partial charge in [-0.15, -0.1) is 0 Å². The van der Waals surface area contributed by atoms with Crippen LogP contribution in [-0.2, 0) is 9.59 Å². The molecule has 2 N–H and O–H groups in total.